The smallest absolute Gasteiger partial charge is 0.272 e. The molecule has 1 saturated heterocycles. The van der Waals surface area contributed by atoms with Gasteiger partial charge in [-0.05, 0) is 31.4 Å². The van der Waals surface area contributed by atoms with Crippen LogP contribution in [0, 0.1) is 0 Å². The van der Waals surface area contributed by atoms with Gasteiger partial charge in [-0.15, -0.1) is 0 Å². The SMILES string of the molecule is CCc1ccccc1Nc1cc(C(=O)N(CC)C2CCS(=O)(=O)C2)ncn1. The van der Waals surface area contributed by atoms with Crippen molar-refractivity contribution in [2.24, 2.45) is 0 Å². The number of hydrogen-bond acceptors (Lipinski definition) is 6. The summed E-state index contributed by atoms with van der Waals surface area (Å²) in [6.45, 7) is 4.36. The molecule has 1 fully saturated rings. The first kappa shape index (κ1) is 19.3. The van der Waals surface area contributed by atoms with Crippen molar-refractivity contribution in [1.29, 1.82) is 0 Å². The molecule has 1 aromatic heterocycles. The standard InChI is InChI=1S/C19H24N4O3S/c1-3-14-7-5-6-8-16(14)22-18-11-17(20-13-21-18)19(24)23(4-2)15-9-10-27(25,26)12-15/h5-8,11,13,15H,3-4,9-10,12H2,1-2H3,(H,20,21,22). The number of nitrogens with one attached hydrogen (secondary N) is 1. The van der Waals surface area contributed by atoms with E-state index in [1.807, 2.05) is 31.2 Å². The monoisotopic (exact) mass is 388 g/mol. The topological polar surface area (TPSA) is 92.3 Å². The second-order valence-corrected chi connectivity index (χ2v) is 8.80. The summed E-state index contributed by atoms with van der Waals surface area (Å²) in [5.74, 6) is 0.413. The van der Waals surface area contributed by atoms with Crippen molar-refractivity contribution in [3.63, 3.8) is 0 Å². The van der Waals surface area contributed by atoms with Crippen molar-refractivity contribution < 1.29 is 13.2 Å². The van der Waals surface area contributed by atoms with Gasteiger partial charge in [-0.1, -0.05) is 25.1 Å². The Kier molecular flexibility index (Phi) is 5.74. The lowest BCUT2D eigenvalue weighted by atomic mass is 10.1. The van der Waals surface area contributed by atoms with Crippen LogP contribution in [0.25, 0.3) is 0 Å². The Morgan fingerprint density at radius 3 is 2.70 bits per heavy atom. The maximum absolute atomic E-state index is 12.9. The summed E-state index contributed by atoms with van der Waals surface area (Å²) in [5, 5.41) is 3.24. The third kappa shape index (κ3) is 4.44. The zero-order chi connectivity index (χ0) is 19.4. The number of sulfone groups is 1. The van der Waals surface area contributed by atoms with Crippen molar-refractivity contribution in [3.8, 4) is 0 Å². The Labute approximate surface area is 159 Å². The third-order valence-corrected chi connectivity index (χ3v) is 6.55. The molecule has 27 heavy (non-hydrogen) atoms. The van der Waals surface area contributed by atoms with Gasteiger partial charge in [0, 0.05) is 24.3 Å². The predicted octanol–water partition coefficient (Wildman–Crippen LogP) is 2.43. The third-order valence-electron chi connectivity index (χ3n) is 4.80. The van der Waals surface area contributed by atoms with E-state index in [1.54, 1.807) is 11.0 Å². The number of aryl methyl sites for hydroxylation is 1. The fourth-order valence-electron chi connectivity index (χ4n) is 3.37. The van der Waals surface area contributed by atoms with E-state index in [2.05, 4.69) is 22.2 Å². The van der Waals surface area contributed by atoms with E-state index in [9.17, 15) is 13.2 Å². The predicted molar refractivity (Wildman–Crippen MR) is 105 cm³/mol. The maximum Gasteiger partial charge on any atom is 0.272 e. The van der Waals surface area contributed by atoms with E-state index in [0.29, 0.717) is 18.8 Å². The summed E-state index contributed by atoms with van der Waals surface area (Å²) in [6.07, 6.45) is 2.70. The summed E-state index contributed by atoms with van der Waals surface area (Å²) >= 11 is 0. The van der Waals surface area contributed by atoms with Gasteiger partial charge in [0.25, 0.3) is 5.91 Å². The van der Waals surface area contributed by atoms with Gasteiger partial charge in [0.2, 0.25) is 0 Å². The van der Waals surface area contributed by atoms with Crippen LogP contribution >= 0.6 is 0 Å². The largest absolute Gasteiger partial charge is 0.340 e. The van der Waals surface area contributed by atoms with E-state index in [1.165, 1.54) is 6.33 Å². The lowest BCUT2D eigenvalue weighted by Crippen LogP contribution is -2.41. The minimum absolute atomic E-state index is 0.0205. The van der Waals surface area contributed by atoms with Crippen LogP contribution in [-0.2, 0) is 16.3 Å². The lowest BCUT2D eigenvalue weighted by molar-refractivity contribution is 0.0702. The molecule has 2 heterocycles. The highest BCUT2D eigenvalue weighted by Crippen LogP contribution is 2.22. The van der Waals surface area contributed by atoms with Gasteiger partial charge < -0.3 is 10.2 Å². The van der Waals surface area contributed by atoms with E-state index in [-0.39, 0.29) is 29.1 Å². The normalized spacial score (nSPS) is 18.2. The van der Waals surface area contributed by atoms with E-state index < -0.39 is 9.84 Å². The molecular formula is C19H24N4O3S. The first-order chi connectivity index (χ1) is 12.9. The number of carbonyl (C=O) groups is 1. The molecule has 0 saturated carbocycles. The molecule has 1 unspecified atom stereocenters. The van der Waals surface area contributed by atoms with Crippen molar-refractivity contribution in [2.75, 3.05) is 23.4 Å². The van der Waals surface area contributed by atoms with Gasteiger partial charge in [0.1, 0.15) is 17.8 Å². The minimum atomic E-state index is -3.06. The summed E-state index contributed by atoms with van der Waals surface area (Å²) in [7, 11) is -3.06. The molecule has 1 aliphatic heterocycles. The molecule has 0 radical (unpaired) electrons. The molecule has 1 atom stereocenters. The number of anilines is 2. The van der Waals surface area contributed by atoms with Crippen LogP contribution in [-0.4, -0.2) is 53.3 Å². The Morgan fingerprint density at radius 2 is 2.04 bits per heavy atom. The quantitative estimate of drug-likeness (QED) is 0.817. The fourth-order valence-corrected chi connectivity index (χ4v) is 5.10. The number of rotatable bonds is 6. The highest BCUT2D eigenvalue weighted by molar-refractivity contribution is 7.91. The average molecular weight is 388 g/mol. The van der Waals surface area contributed by atoms with Crippen molar-refractivity contribution in [3.05, 3.63) is 47.9 Å². The molecule has 1 N–H and O–H groups in total. The minimum Gasteiger partial charge on any atom is -0.340 e. The molecule has 144 valence electrons. The molecule has 1 aromatic carbocycles. The van der Waals surface area contributed by atoms with Crippen LogP contribution in [0.15, 0.2) is 36.7 Å². The summed E-state index contributed by atoms with van der Waals surface area (Å²) in [6, 6.07) is 9.24. The molecule has 3 rings (SSSR count). The highest BCUT2D eigenvalue weighted by atomic mass is 32.2. The van der Waals surface area contributed by atoms with Crippen molar-refractivity contribution in [1.82, 2.24) is 14.9 Å². The molecule has 1 amide bonds. The fraction of sp³-hybridized carbons (Fsp3) is 0.421. The van der Waals surface area contributed by atoms with Crippen LogP contribution in [0.4, 0.5) is 11.5 Å². The number of benzene rings is 1. The van der Waals surface area contributed by atoms with Crippen molar-refractivity contribution >= 4 is 27.2 Å². The molecule has 0 spiro atoms. The van der Waals surface area contributed by atoms with E-state index in [4.69, 9.17) is 0 Å². The van der Waals surface area contributed by atoms with Gasteiger partial charge in [0.15, 0.2) is 9.84 Å². The second-order valence-electron chi connectivity index (χ2n) is 6.57. The molecule has 1 aliphatic rings. The lowest BCUT2D eigenvalue weighted by Gasteiger charge is -2.26. The number of para-hydroxylation sites is 1. The molecule has 0 bridgehead atoms. The van der Waals surface area contributed by atoms with Crippen molar-refractivity contribution in [2.45, 2.75) is 32.7 Å². The first-order valence-electron chi connectivity index (χ1n) is 9.12. The number of hydrogen-bond donors (Lipinski definition) is 1. The summed E-state index contributed by atoms with van der Waals surface area (Å²) in [5.41, 5.74) is 2.34. The number of nitrogens with zero attached hydrogens (tertiary/aromatic N) is 3. The first-order valence-corrected chi connectivity index (χ1v) is 10.9. The second kappa shape index (κ2) is 8.04. The molecule has 7 nitrogen and oxygen atoms in total. The number of aromatic nitrogens is 2. The van der Waals surface area contributed by atoms with Gasteiger partial charge in [-0.3, -0.25) is 4.79 Å². The van der Waals surface area contributed by atoms with E-state index >= 15 is 0 Å². The Morgan fingerprint density at radius 1 is 1.26 bits per heavy atom. The van der Waals surface area contributed by atoms with Gasteiger partial charge in [-0.25, -0.2) is 18.4 Å². The van der Waals surface area contributed by atoms with Crippen LogP contribution in [0.5, 0.6) is 0 Å². The van der Waals surface area contributed by atoms with Crippen LogP contribution in [0.1, 0.15) is 36.3 Å². The molecular weight excluding hydrogens is 364 g/mol. The van der Waals surface area contributed by atoms with Gasteiger partial charge in [-0.2, -0.15) is 0 Å². The molecule has 0 aliphatic carbocycles. The van der Waals surface area contributed by atoms with Crippen LogP contribution < -0.4 is 5.32 Å². The van der Waals surface area contributed by atoms with Gasteiger partial charge in [0.05, 0.1) is 11.5 Å². The van der Waals surface area contributed by atoms with E-state index in [0.717, 1.165) is 17.7 Å². The summed E-state index contributed by atoms with van der Waals surface area (Å²) < 4.78 is 23.5. The molecule has 2 aromatic rings. The zero-order valence-electron chi connectivity index (χ0n) is 15.6. The molecule has 8 heteroatoms. The summed E-state index contributed by atoms with van der Waals surface area (Å²) in [4.78, 5) is 22.8. The van der Waals surface area contributed by atoms with Crippen LogP contribution in [0.2, 0.25) is 0 Å². The Bertz CT molecular complexity index is 930. The average Bonchev–Trinajstić information content (AvgIpc) is 3.02. The highest BCUT2D eigenvalue weighted by Gasteiger charge is 2.34. The Hall–Kier alpha value is -2.48. The zero-order valence-corrected chi connectivity index (χ0v) is 16.4. The van der Waals surface area contributed by atoms with Gasteiger partial charge >= 0.3 is 0 Å². The van der Waals surface area contributed by atoms with Crippen LogP contribution in [0.3, 0.4) is 0 Å². The number of carbonyl (C=O) groups excluding carboxylic acids is 1. The Balaban J connectivity index is 1.81. The maximum atomic E-state index is 12.9. The number of amides is 1.